The van der Waals surface area contributed by atoms with Crippen LogP contribution >= 0.6 is 0 Å². The molecular weight excluding hydrogens is 467 g/mol. The smallest absolute Gasteiger partial charge is 0.349 e. The zero-order valence-corrected chi connectivity index (χ0v) is 18.5. The molecule has 35 heavy (non-hydrogen) atoms. The average Bonchev–Trinajstić information content (AvgIpc) is 2.87. The van der Waals surface area contributed by atoms with E-state index in [0.29, 0.717) is 13.0 Å². The van der Waals surface area contributed by atoms with Crippen molar-refractivity contribution < 1.29 is 31.6 Å². The lowest BCUT2D eigenvalue weighted by molar-refractivity contribution is 0.0493. The topological polar surface area (TPSA) is 41.9 Å². The minimum atomic E-state index is -2.37. The summed E-state index contributed by atoms with van der Waals surface area (Å²) in [6.07, 6.45) is 2.31. The highest BCUT2D eigenvalue weighted by atomic mass is 19.2. The molecule has 0 radical (unpaired) electrons. The molecule has 0 spiro atoms. The predicted molar refractivity (Wildman–Crippen MR) is 121 cm³/mol. The summed E-state index contributed by atoms with van der Waals surface area (Å²) in [5.74, 6) is -13.0. The van der Waals surface area contributed by atoms with E-state index in [1.54, 1.807) is 11.0 Å². The Balaban J connectivity index is 1.92. The number of nitrogens with zero attached hydrogens (tertiary/aromatic N) is 2. The van der Waals surface area contributed by atoms with Gasteiger partial charge in [-0.2, -0.15) is 0 Å². The van der Waals surface area contributed by atoms with Gasteiger partial charge in [0.25, 0.3) is 0 Å². The summed E-state index contributed by atoms with van der Waals surface area (Å²) in [6.45, 7) is 4.33. The molecule has 0 heterocycles. The lowest BCUT2D eigenvalue weighted by Crippen LogP contribution is -2.31. The average molecular weight is 488 g/mol. The summed E-state index contributed by atoms with van der Waals surface area (Å²) in [5, 5.41) is 3.77. The van der Waals surface area contributed by atoms with Crippen molar-refractivity contribution in [3.05, 3.63) is 119 Å². The number of amidine groups is 1. The van der Waals surface area contributed by atoms with E-state index in [1.807, 2.05) is 60.7 Å². The number of carbonyl (C=O) groups is 1. The molecule has 0 fully saturated rings. The lowest BCUT2D eigenvalue weighted by Gasteiger charge is -2.24. The zero-order valence-electron chi connectivity index (χ0n) is 18.5. The van der Waals surface area contributed by atoms with Crippen LogP contribution in [0, 0.1) is 29.1 Å². The molecule has 0 saturated heterocycles. The highest BCUT2D eigenvalue weighted by molar-refractivity contribution is 5.91. The Morgan fingerprint density at radius 3 is 1.89 bits per heavy atom. The highest BCUT2D eigenvalue weighted by Gasteiger charge is 2.31. The van der Waals surface area contributed by atoms with Crippen molar-refractivity contribution in [2.75, 3.05) is 6.54 Å². The molecule has 0 atom stereocenters. The molecule has 9 heteroatoms. The monoisotopic (exact) mass is 488 g/mol. The van der Waals surface area contributed by atoms with Gasteiger partial charge in [-0.05, 0) is 17.5 Å². The maximum atomic E-state index is 14.0. The molecule has 0 amide bonds. The van der Waals surface area contributed by atoms with E-state index in [1.165, 1.54) is 0 Å². The van der Waals surface area contributed by atoms with Crippen LogP contribution in [0.15, 0.2) is 78.5 Å². The van der Waals surface area contributed by atoms with Gasteiger partial charge >= 0.3 is 5.97 Å². The number of carbonyl (C=O) groups excluding carboxylic acids is 1. The minimum Gasteiger partial charge on any atom is -0.349 e. The fourth-order valence-corrected chi connectivity index (χ4v) is 3.31. The second-order valence-corrected chi connectivity index (χ2v) is 7.47. The highest BCUT2D eigenvalue weighted by Crippen LogP contribution is 2.24. The summed E-state index contributed by atoms with van der Waals surface area (Å²) >= 11 is 0. The van der Waals surface area contributed by atoms with Gasteiger partial charge in [0.2, 0.25) is 5.82 Å². The van der Waals surface area contributed by atoms with Crippen LogP contribution in [-0.4, -0.2) is 23.2 Å². The Labute approximate surface area is 198 Å². The first-order valence-electron chi connectivity index (χ1n) is 10.6. The molecule has 0 N–H and O–H groups in total. The van der Waals surface area contributed by atoms with Crippen molar-refractivity contribution in [2.45, 2.75) is 19.4 Å². The van der Waals surface area contributed by atoms with Crippen LogP contribution in [0.1, 0.15) is 27.9 Å². The van der Waals surface area contributed by atoms with Crippen molar-refractivity contribution in [1.82, 2.24) is 4.90 Å². The van der Waals surface area contributed by atoms with Gasteiger partial charge < -0.3 is 9.74 Å². The standard InChI is InChI=1S/C26H21F5N2O2/c1-2-15-33(16-18-11-7-4-8-12-18)19(14-13-17-9-5-3-6-10-17)32-35-26(34)20-21(27)23(29)25(31)24(30)22(20)28/h2-12H,1,13-16H2/b32-19+. The van der Waals surface area contributed by atoms with E-state index in [0.717, 1.165) is 11.1 Å². The summed E-state index contributed by atoms with van der Waals surface area (Å²) < 4.78 is 68.4. The lowest BCUT2D eigenvalue weighted by atomic mass is 10.1. The molecule has 4 nitrogen and oxygen atoms in total. The molecule has 0 unspecified atom stereocenters. The van der Waals surface area contributed by atoms with Gasteiger partial charge in [-0.1, -0.05) is 71.9 Å². The molecule has 0 aliphatic carbocycles. The van der Waals surface area contributed by atoms with Crippen molar-refractivity contribution in [2.24, 2.45) is 5.16 Å². The van der Waals surface area contributed by atoms with Crippen molar-refractivity contribution in [1.29, 1.82) is 0 Å². The first-order chi connectivity index (χ1) is 16.8. The number of oxime groups is 1. The van der Waals surface area contributed by atoms with E-state index in [2.05, 4.69) is 11.7 Å². The predicted octanol–water partition coefficient (Wildman–Crippen LogP) is 6.17. The SMILES string of the molecule is C=CCN(Cc1ccccc1)/C(CCc1ccccc1)=N/OC(=O)c1c(F)c(F)c(F)c(F)c1F. The molecule has 0 aliphatic rings. The fourth-order valence-electron chi connectivity index (χ4n) is 3.31. The number of hydrogen-bond donors (Lipinski definition) is 0. The quantitative estimate of drug-likeness (QED) is 0.0529. The number of hydrogen-bond acceptors (Lipinski definition) is 3. The largest absolute Gasteiger partial charge is 0.371 e. The molecule has 0 aliphatic heterocycles. The van der Waals surface area contributed by atoms with Crippen molar-refractivity contribution >= 4 is 11.8 Å². The van der Waals surface area contributed by atoms with Gasteiger partial charge in [-0.3, -0.25) is 0 Å². The van der Waals surface area contributed by atoms with Crippen LogP contribution in [0.25, 0.3) is 0 Å². The van der Waals surface area contributed by atoms with Crippen LogP contribution in [0.2, 0.25) is 0 Å². The van der Waals surface area contributed by atoms with Crippen LogP contribution in [-0.2, 0) is 17.8 Å². The van der Waals surface area contributed by atoms with E-state index in [-0.39, 0.29) is 18.8 Å². The van der Waals surface area contributed by atoms with Crippen LogP contribution in [0.4, 0.5) is 22.0 Å². The Morgan fingerprint density at radius 2 is 1.34 bits per heavy atom. The maximum Gasteiger partial charge on any atom is 0.371 e. The number of aryl methyl sites for hydroxylation is 1. The van der Waals surface area contributed by atoms with Crippen molar-refractivity contribution in [3.63, 3.8) is 0 Å². The number of halogens is 5. The number of benzene rings is 3. The normalized spacial score (nSPS) is 11.3. The van der Waals surface area contributed by atoms with Crippen LogP contribution < -0.4 is 0 Å². The molecule has 3 aromatic rings. The zero-order chi connectivity index (χ0) is 25.4. The van der Waals surface area contributed by atoms with E-state index >= 15 is 0 Å². The summed E-state index contributed by atoms with van der Waals surface area (Å²) in [4.78, 5) is 18.7. The van der Waals surface area contributed by atoms with E-state index in [4.69, 9.17) is 4.84 Å². The van der Waals surface area contributed by atoms with Gasteiger partial charge in [0.05, 0.1) is 0 Å². The Kier molecular flexibility index (Phi) is 8.72. The second kappa shape index (κ2) is 11.9. The van der Waals surface area contributed by atoms with Crippen LogP contribution in [0.3, 0.4) is 0 Å². The summed E-state index contributed by atoms with van der Waals surface area (Å²) in [6, 6.07) is 18.6. The fraction of sp³-hybridized carbons (Fsp3) is 0.154. The third-order valence-electron chi connectivity index (χ3n) is 5.06. The molecule has 3 rings (SSSR count). The van der Waals surface area contributed by atoms with Gasteiger partial charge in [0, 0.05) is 19.5 Å². The molecule has 0 aromatic heterocycles. The first kappa shape index (κ1) is 25.6. The van der Waals surface area contributed by atoms with Gasteiger partial charge in [0.1, 0.15) is 11.4 Å². The Morgan fingerprint density at radius 1 is 0.829 bits per heavy atom. The summed E-state index contributed by atoms with van der Waals surface area (Å²) in [5.41, 5.74) is 0.128. The first-order valence-corrected chi connectivity index (χ1v) is 10.6. The van der Waals surface area contributed by atoms with E-state index < -0.39 is 40.6 Å². The van der Waals surface area contributed by atoms with Gasteiger partial charge in [-0.25, -0.2) is 26.7 Å². The Hall–Kier alpha value is -4.01. The third-order valence-corrected chi connectivity index (χ3v) is 5.06. The van der Waals surface area contributed by atoms with Gasteiger partial charge in [-0.15, -0.1) is 6.58 Å². The maximum absolute atomic E-state index is 14.0. The van der Waals surface area contributed by atoms with E-state index in [9.17, 15) is 26.7 Å². The summed E-state index contributed by atoms with van der Waals surface area (Å²) in [7, 11) is 0. The molecule has 182 valence electrons. The second-order valence-electron chi connectivity index (χ2n) is 7.47. The minimum absolute atomic E-state index is 0.217. The van der Waals surface area contributed by atoms with Crippen LogP contribution in [0.5, 0.6) is 0 Å². The molecule has 0 saturated carbocycles. The molecular formula is C26H21F5N2O2. The molecule has 0 bridgehead atoms. The third kappa shape index (κ3) is 6.32. The van der Waals surface area contributed by atoms with Gasteiger partial charge in [0.15, 0.2) is 23.3 Å². The van der Waals surface area contributed by atoms with Crippen molar-refractivity contribution in [3.8, 4) is 0 Å². The molecule has 3 aromatic carbocycles. The number of rotatable bonds is 9. The Bertz CT molecular complexity index is 1190.